The lowest BCUT2D eigenvalue weighted by Crippen LogP contribution is -2.37. The topological polar surface area (TPSA) is 60.8 Å². The third kappa shape index (κ3) is 3.28. The average Bonchev–Trinajstić information content (AvgIpc) is 2.75. The predicted molar refractivity (Wildman–Crippen MR) is 76.2 cm³/mol. The molecule has 1 fully saturated rings. The number of aromatic hydroxyl groups is 1. The summed E-state index contributed by atoms with van der Waals surface area (Å²) in [6.45, 7) is 2.42. The molecule has 1 aromatic carbocycles. The van der Waals surface area contributed by atoms with E-state index in [1.54, 1.807) is 24.0 Å². The quantitative estimate of drug-likeness (QED) is 0.896. The minimum absolute atomic E-state index is 0.0120. The summed E-state index contributed by atoms with van der Waals surface area (Å²) >= 11 is 3.26. The van der Waals surface area contributed by atoms with Crippen molar-refractivity contribution < 1.29 is 15.0 Å². The van der Waals surface area contributed by atoms with Crippen LogP contribution in [0.2, 0.25) is 0 Å². The number of halogens is 1. The zero-order chi connectivity index (χ0) is 14.0. The Hall–Kier alpha value is -1.07. The Morgan fingerprint density at radius 2 is 2.32 bits per heavy atom. The van der Waals surface area contributed by atoms with E-state index in [1.807, 2.05) is 0 Å². The smallest absolute Gasteiger partial charge is 0.257 e. The number of hydrogen-bond acceptors (Lipinski definition) is 3. The van der Waals surface area contributed by atoms with E-state index in [-0.39, 0.29) is 17.7 Å². The largest absolute Gasteiger partial charge is 0.507 e. The van der Waals surface area contributed by atoms with Crippen molar-refractivity contribution in [3.05, 3.63) is 28.2 Å². The van der Waals surface area contributed by atoms with Crippen LogP contribution in [0.25, 0.3) is 0 Å². The van der Waals surface area contributed by atoms with Gasteiger partial charge in [0.1, 0.15) is 5.75 Å². The highest BCUT2D eigenvalue weighted by atomic mass is 79.9. The molecule has 0 spiro atoms. The SMILES string of the molecule is CC(O)CC1CCCN1C(=O)c1ccc(Br)cc1O. The molecule has 0 aromatic heterocycles. The summed E-state index contributed by atoms with van der Waals surface area (Å²) in [5, 5.41) is 19.3. The molecule has 1 aliphatic heterocycles. The average molecular weight is 328 g/mol. The number of phenols is 1. The maximum atomic E-state index is 12.4. The van der Waals surface area contributed by atoms with Crippen LogP contribution in [0.4, 0.5) is 0 Å². The molecule has 1 amide bonds. The van der Waals surface area contributed by atoms with Gasteiger partial charge in [-0.25, -0.2) is 0 Å². The van der Waals surface area contributed by atoms with Gasteiger partial charge >= 0.3 is 0 Å². The fourth-order valence-corrected chi connectivity index (χ4v) is 2.93. The number of amides is 1. The summed E-state index contributed by atoms with van der Waals surface area (Å²) in [5.74, 6) is -0.171. The highest BCUT2D eigenvalue weighted by molar-refractivity contribution is 9.10. The molecule has 2 unspecified atom stereocenters. The second kappa shape index (κ2) is 5.92. The number of phenolic OH excluding ortho intramolecular Hbond substituents is 1. The van der Waals surface area contributed by atoms with Gasteiger partial charge in [0.05, 0.1) is 11.7 Å². The first-order chi connectivity index (χ1) is 8.99. The van der Waals surface area contributed by atoms with Crippen LogP contribution in [0.3, 0.4) is 0 Å². The van der Waals surface area contributed by atoms with Crippen molar-refractivity contribution >= 4 is 21.8 Å². The number of carbonyl (C=O) groups is 1. The van der Waals surface area contributed by atoms with E-state index in [0.29, 0.717) is 18.5 Å². The summed E-state index contributed by atoms with van der Waals surface area (Å²) < 4.78 is 0.739. The molecule has 5 heteroatoms. The van der Waals surface area contributed by atoms with Crippen LogP contribution in [0.15, 0.2) is 22.7 Å². The molecular weight excluding hydrogens is 310 g/mol. The number of likely N-dealkylation sites (tertiary alicyclic amines) is 1. The lowest BCUT2D eigenvalue weighted by Gasteiger charge is -2.26. The van der Waals surface area contributed by atoms with Crippen LogP contribution in [-0.2, 0) is 0 Å². The molecule has 4 nitrogen and oxygen atoms in total. The van der Waals surface area contributed by atoms with Crippen molar-refractivity contribution in [3.63, 3.8) is 0 Å². The standard InChI is InChI=1S/C14H18BrNO3/c1-9(17)7-11-3-2-6-16(11)14(19)12-5-4-10(15)8-13(12)18/h4-5,8-9,11,17-18H,2-3,6-7H2,1H3. The van der Waals surface area contributed by atoms with Crippen LogP contribution in [0.5, 0.6) is 5.75 Å². The third-order valence-corrected chi connectivity index (χ3v) is 3.93. The zero-order valence-electron chi connectivity index (χ0n) is 10.8. The van der Waals surface area contributed by atoms with E-state index in [1.165, 1.54) is 6.07 Å². The molecule has 1 saturated heterocycles. The molecule has 2 atom stereocenters. The van der Waals surface area contributed by atoms with Crippen molar-refractivity contribution in [3.8, 4) is 5.75 Å². The Balaban J connectivity index is 2.18. The van der Waals surface area contributed by atoms with Gasteiger partial charge in [0.25, 0.3) is 5.91 Å². The molecule has 2 rings (SSSR count). The van der Waals surface area contributed by atoms with Crippen LogP contribution in [0.1, 0.15) is 36.5 Å². The third-order valence-electron chi connectivity index (χ3n) is 3.44. The summed E-state index contributed by atoms with van der Waals surface area (Å²) in [7, 11) is 0. The summed E-state index contributed by atoms with van der Waals surface area (Å²) in [4.78, 5) is 14.2. The second-order valence-electron chi connectivity index (χ2n) is 5.04. The first-order valence-electron chi connectivity index (χ1n) is 6.46. The lowest BCUT2D eigenvalue weighted by atomic mass is 10.1. The zero-order valence-corrected chi connectivity index (χ0v) is 12.4. The van der Waals surface area contributed by atoms with Gasteiger partial charge in [-0.3, -0.25) is 4.79 Å². The number of rotatable bonds is 3. The van der Waals surface area contributed by atoms with E-state index in [0.717, 1.165) is 17.3 Å². The summed E-state index contributed by atoms with van der Waals surface area (Å²) in [5.41, 5.74) is 0.320. The van der Waals surface area contributed by atoms with Crippen LogP contribution in [-0.4, -0.2) is 39.7 Å². The molecule has 1 aliphatic rings. The first kappa shape index (κ1) is 14.3. The van der Waals surface area contributed by atoms with Crippen molar-refractivity contribution in [2.24, 2.45) is 0 Å². The number of hydrogen-bond donors (Lipinski definition) is 2. The van der Waals surface area contributed by atoms with E-state index >= 15 is 0 Å². The molecule has 104 valence electrons. The van der Waals surface area contributed by atoms with E-state index in [4.69, 9.17) is 0 Å². The number of carbonyl (C=O) groups excluding carboxylic acids is 1. The minimum Gasteiger partial charge on any atom is -0.507 e. The van der Waals surface area contributed by atoms with Crippen molar-refractivity contribution in [2.75, 3.05) is 6.54 Å². The maximum Gasteiger partial charge on any atom is 0.257 e. The molecule has 0 radical (unpaired) electrons. The molecule has 1 aromatic rings. The fraction of sp³-hybridized carbons (Fsp3) is 0.500. The molecule has 0 bridgehead atoms. The summed E-state index contributed by atoms with van der Waals surface area (Å²) in [6, 6.07) is 4.95. The highest BCUT2D eigenvalue weighted by Crippen LogP contribution is 2.28. The Bertz CT molecular complexity index is 476. The summed E-state index contributed by atoms with van der Waals surface area (Å²) in [6.07, 6.45) is 2.02. The fourth-order valence-electron chi connectivity index (χ4n) is 2.58. The Morgan fingerprint density at radius 1 is 1.58 bits per heavy atom. The first-order valence-corrected chi connectivity index (χ1v) is 7.26. The number of aliphatic hydroxyl groups excluding tert-OH is 1. The molecule has 2 N–H and O–H groups in total. The van der Waals surface area contributed by atoms with Crippen molar-refractivity contribution in [1.29, 1.82) is 0 Å². The Morgan fingerprint density at radius 3 is 2.95 bits per heavy atom. The number of benzene rings is 1. The van der Waals surface area contributed by atoms with Crippen LogP contribution < -0.4 is 0 Å². The van der Waals surface area contributed by atoms with E-state index < -0.39 is 6.10 Å². The van der Waals surface area contributed by atoms with Crippen LogP contribution in [0, 0.1) is 0 Å². The minimum atomic E-state index is -0.420. The van der Waals surface area contributed by atoms with E-state index in [2.05, 4.69) is 15.9 Å². The number of nitrogens with zero attached hydrogens (tertiary/aromatic N) is 1. The van der Waals surface area contributed by atoms with Gasteiger partial charge in [-0.15, -0.1) is 0 Å². The molecule has 19 heavy (non-hydrogen) atoms. The highest BCUT2D eigenvalue weighted by Gasteiger charge is 2.31. The molecule has 0 aliphatic carbocycles. The second-order valence-corrected chi connectivity index (χ2v) is 5.96. The van der Waals surface area contributed by atoms with Crippen molar-refractivity contribution in [1.82, 2.24) is 4.90 Å². The molecular formula is C14H18BrNO3. The number of aliphatic hydroxyl groups is 1. The van der Waals surface area contributed by atoms with Gasteiger partial charge in [0.2, 0.25) is 0 Å². The maximum absolute atomic E-state index is 12.4. The normalized spacial score (nSPS) is 20.6. The molecule has 0 saturated carbocycles. The van der Waals surface area contributed by atoms with Crippen molar-refractivity contribution in [2.45, 2.75) is 38.3 Å². The van der Waals surface area contributed by atoms with Gasteiger partial charge < -0.3 is 15.1 Å². The Labute approximate surface area is 121 Å². The Kier molecular flexibility index (Phi) is 4.47. The lowest BCUT2D eigenvalue weighted by molar-refractivity contribution is 0.0679. The van der Waals surface area contributed by atoms with Gasteiger partial charge in [-0.2, -0.15) is 0 Å². The molecule has 1 heterocycles. The van der Waals surface area contributed by atoms with Gasteiger partial charge in [0.15, 0.2) is 0 Å². The van der Waals surface area contributed by atoms with E-state index in [9.17, 15) is 15.0 Å². The monoisotopic (exact) mass is 327 g/mol. The van der Waals surface area contributed by atoms with Gasteiger partial charge in [-0.05, 0) is 44.4 Å². The van der Waals surface area contributed by atoms with Gasteiger partial charge in [0, 0.05) is 17.1 Å². The predicted octanol–water partition coefficient (Wildman–Crippen LogP) is 2.53. The van der Waals surface area contributed by atoms with Crippen LogP contribution >= 0.6 is 15.9 Å². The van der Waals surface area contributed by atoms with Gasteiger partial charge in [-0.1, -0.05) is 15.9 Å².